The molecule has 1 saturated carbocycles. The summed E-state index contributed by atoms with van der Waals surface area (Å²) in [5.74, 6) is 0.632. The van der Waals surface area contributed by atoms with E-state index in [-0.39, 0.29) is 17.7 Å². The predicted octanol–water partition coefficient (Wildman–Crippen LogP) is 2.95. The van der Waals surface area contributed by atoms with Crippen LogP contribution in [0, 0.1) is 13.8 Å². The first-order chi connectivity index (χ1) is 14.3. The lowest BCUT2D eigenvalue weighted by atomic mass is 9.95. The maximum atomic E-state index is 12.7. The molecule has 1 atom stereocenters. The zero-order chi connectivity index (χ0) is 21.3. The molecule has 3 fully saturated rings. The second kappa shape index (κ2) is 8.87. The highest BCUT2D eigenvalue weighted by atomic mass is 32.2. The van der Waals surface area contributed by atoms with Crippen molar-refractivity contribution in [2.75, 3.05) is 37.7 Å². The SMILES string of the molecule is Cc1cc(/C=C/C(=O)N2CCN(C3CCS(=O)(=O)C3)CC2)c(C)n1C1CCCCC1. The molecule has 166 valence electrons. The summed E-state index contributed by atoms with van der Waals surface area (Å²) < 4.78 is 25.9. The van der Waals surface area contributed by atoms with Crippen molar-refractivity contribution in [2.24, 2.45) is 0 Å². The smallest absolute Gasteiger partial charge is 0.246 e. The molecule has 0 bridgehead atoms. The van der Waals surface area contributed by atoms with Crippen LogP contribution in [0.3, 0.4) is 0 Å². The fourth-order valence-corrected chi connectivity index (χ4v) is 7.27. The second-order valence-electron chi connectivity index (χ2n) is 9.24. The van der Waals surface area contributed by atoms with Crippen LogP contribution in [0.5, 0.6) is 0 Å². The van der Waals surface area contributed by atoms with E-state index in [9.17, 15) is 13.2 Å². The Hall–Kier alpha value is -1.60. The summed E-state index contributed by atoms with van der Waals surface area (Å²) in [6.45, 7) is 7.19. The van der Waals surface area contributed by atoms with Gasteiger partial charge in [0.05, 0.1) is 11.5 Å². The molecule has 1 amide bonds. The number of piperazine rings is 1. The van der Waals surface area contributed by atoms with Crippen molar-refractivity contribution in [3.05, 3.63) is 29.1 Å². The Morgan fingerprint density at radius 2 is 1.70 bits per heavy atom. The van der Waals surface area contributed by atoms with Crippen LogP contribution in [0.4, 0.5) is 0 Å². The molecule has 1 aromatic heterocycles. The molecule has 2 aliphatic heterocycles. The molecule has 0 radical (unpaired) electrons. The van der Waals surface area contributed by atoms with E-state index < -0.39 is 9.84 Å². The second-order valence-corrected chi connectivity index (χ2v) is 11.5. The number of hydrogen-bond donors (Lipinski definition) is 0. The molecule has 0 spiro atoms. The van der Waals surface area contributed by atoms with E-state index in [1.807, 2.05) is 11.0 Å². The first-order valence-electron chi connectivity index (χ1n) is 11.4. The Balaban J connectivity index is 1.34. The zero-order valence-corrected chi connectivity index (χ0v) is 19.2. The van der Waals surface area contributed by atoms with Gasteiger partial charge in [0.25, 0.3) is 0 Å². The molecule has 3 heterocycles. The quantitative estimate of drug-likeness (QED) is 0.685. The van der Waals surface area contributed by atoms with Gasteiger partial charge in [0.15, 0.2) is 9.84 Å². The molecule has 0 aromatic carbocycles. The van der Waals surface area contributed by atoms with Gasteiger partial charge >= 0.3 is 0 Å². The van der Waals surface area contributed by atoms with Crippen molar-refractivity contribution >= 4 is 21.8 Å². The molecule has 30 heavy (non-hydrogen) atoms. The first kappa shape index (κ1) is 21.6. The topological polar surface area (TPSA) is 62.6 Å². The van der Waals surface area contributed by atoms with Crippen molar-refractivity contribution in [1.82, 2.24) is 14.4 Å². The van der Waals surface area contributed by atoms with Gasteiger partial charge in [-0.05, 0) is 50.8 Å². The minimum Gasteiger partial charge on any atom is -0.346 e. The lowest BCUT2D eigenvalue weighted by Crippen LogP contribution is -2.52. The van der Waals surface area contributed by atoms with Crippen molar-refractivity contribution < 1.29 is 13.2 Å². The van der Waals surface area contributed by atoms with E-state index in [2.05, 4.69) is 29.4 Å². The molecule has 0 N–H and O–H groups in total. The number of nitrogens with zero attached hydrogens (tertiary/aromatic N) is 3. The van der Waals surface area contributed by atoms with E-state index in [0.29, 0.717) is 24.9 Å². The Kier molecular flexibility index (Phi) is 6.39. The highest BCUT2D eigenvalue weighted by Crippen LogP contribution is 2.32. The summed E-state index contributed by atoms with van der Waals surface area (Å²) in [6, 6.07) is 2.93. The molecular weight excluding hydrogens is 398 g/mol. The van der Waals surface area contributed by atoms with E-state index >= 15 is 0 Å². The largest absolute Gasteiger partial charge is 0.346 e. The van der Waals surface area contributed by atoms with Crippen LogP contribution in [0.2, 0.25) is 0 Å². The Bertz CT molecular complexity index is 904. The van der Waals surface area contributed by atoms with Crippen LogP contribution in [0.25, 0.3) is 6.08 Å². The van der Waals surface area contributed by atoms with Gasteiger partial charge in [0, 0.05) is 55.7 Å². The van der Waals surface area contributed by atoms with Gasteiger partial charge < -0.3 is 9.47 Å². The van der Waals surface area contributed by atoms with Crippen LogP contribution >= 0.6 is 0 Å². The Labute approximate surface area is 180 Å². The van der Waals surface area contributed by atoms with E-state index in [4.69, 9.17) is 0 Å². The summed E-state index contributed by atoms with van der Waals surface area (Å²) in [7, 11) is -2.86. The average Bonchev–Trinajstić information content (AvgIpc) is 3.25. The molecule has 1 aliphatic carbocycles. The zero-order valence-electron chi connectivity index (χ0n) is 18.3. The fraction of sp³-hybridized carbons (Fsp3) is 0.696. The number of sulfone groups is 1. The number of aryl methyl sites for hydroxylation is 1. The third kappa shape index (κ3) is 4.67. The number of carbonyl (C=O) groups excluding carboxylic acids is 1. The van der Waals surface area contributed by atoms with Gasteiger partial charge in [-0.3, -0.25) is 9.69 Å². The van der Waals surface area contributed by atoms with Crippen LogP contribution < -0.4 is 0 Å². The third-order valence-electron chi connectivity index (χ3n) is 7.22. The minimum atomic E-state index is -2.86. The van der Waals surface area contributed by atoms with E-state index in [0.717, 1.165) is 25.1 Å². The number of rotatable bonds is 4. The molecule has 4 rings (SSSR count). The van der Waals surface area contributed by atoms with E-state index in [1.54, 1.807) is 6.08 Å². The number of carbonyl (C=O) groups is 1. The maximum Gasteiger partial charge on any atom is 0.246 e. The molecule has 7 heteroatoms. The summed E-state index contributed by atoms with van der Waals surface area (Å²) in [6.07, 6.45) is 10.9. The van der Waals surface area contributed by atoms with Crippen molar-refractivity contribution in [3.8, 4) is 0 Å². The van der Waals surface area contributed by atoms with Crippen molar-refractivity contribution in [1.29, 1.82) is 0 Å². The van der Waals surface area contributed by atoms with Crippen LogP contribution in [0.15, 0.2) is 12.1 Å². The van der Waals surface area contributed by atoms with Crippen LogP contribution in [-0.2, 0) is 14.6 Å². The van der Waals surface area contributed by atoms with Crippen molar-refractivity contribution in [2.45, 2.75) is 64.5 Å². The van der Waals surface area contributed by atoms with Gasteiger partial charge in [-0.15, -0.1) is 0 Å². The average molecular weight is 434 g/mol. The molecule has 1 aromatic rings. The normalized spacial score (nSPS) is 25.9. The van der Waals surface area contributed by atoms with Gasteiger partial charge in [-0.2, -0.15) is 0 Å². The van der Waals surface area contributed by atoms with E-state index in [1.165, 1.54) is 43.5 Å². The van der Waals surface area contributed by atoms with Gasteiger partial charge in [-0.1, -0.05) is 19.3 Å². The summed E-state index contributed by atoms with van der Waals surface area (Å²) in [5, 5.41) is 0. The first-order valence-corrected chi connectivity index (χ1v) is 13.3. The Morgan fingerprint density at radius 3 is 2.33 bits per heavy atom. The monoisotopic (exact) mass is 433 g/mol. The molecule has 6 nitrogen and oxygen atoms in total. The number of hydrogen-bond acceptors (Lipinski definition) is 4. The van der Waals surface area contributed by atoms with Gasteiger partial charge in [0.2, 0.25) is 5.91 Å². The fourth-order valence-electron chi connectivity index (χ4n) is 5.51. The third-order valence-corrected chi connectivity index (χ3v) is 8.97. The Morgan fingerprint density at radius 1 is 1.00 bits per heavy atom. The van der Waals surface area contributed by atoms with Crippen molar-refractivity contribution in [3.63, 3.8) is 0 Å². The highest BCUT2D eigenvalue weighted by molar-refractivity contribution is 7.91. The highest BCUT2D eigenvalue weighted by Gasteiger charge is 2.34. The van der Waals surface area contributed by atoms with Gasteiger partial charge in [-0.25, -0.2) is 8.42 Å². The number of aromatic nitrogens is 1. The minimum absolute atomic E-state index is 0.0520. The lowest BCUT2D eigenvalue weighted by molar-refractivity contribution is -0.127. The summed E-state index contributed by atoms with van der Waals surface area (Å²) in [4.78, 5) is 16.9. The molecule has 3 aliphatic rings. The molecule has 2 saturated heterocycles. The van der Waals surface area contributed by atoms with Crippen LogP contribution in [-0.4, -0.2) is 72.4 Å². The predicted molar refractivity (Wildman–Crippen MR) is 120 cm³/mol. The molecular formula is C23H35N3O3S. The van der Waals surface area contributed by atoms with Gasteiger partial charge in [0.1, 0.15) is 0 Å². The standard InChI is InChI=1S/C23H35N3O3S/c1-18-16-20(19(2)26(18)21-6-4-3-5-7-21)8-9-23(27)25-13-11-24(12-14-25)22-10-15-30(28,29)17-22/h8-9,16,21-22H,3-7,10-15,17H2,1-2H3/b9-8+. The summed E-state index contributed by atoms with van der Waals surface area (Å²) in [5.41, 5.74) is 3.68. The van der Waals surface area contributed by atoms with Crippen LogP contribution in [0.1, 0.15) is 61.5 Å². The maximum absolute atomic E-state index is 12.7. The lowest BCUT2D eigenvalue weighted by Gasteiger charge is -2.37. The molecule has 1 unspecified atom stereocenters. The summed E-state index contributed by atoms with van der Waals surface area (Å²) >= 11 is 0. The number of amides is 1.